The van der Waals surface area contributed by atoms with E-state index in [4.69, 9.17) is 0 Å². The highest BCUT2D eigenvalue weighted by Crippen LogP contribution is 2.26. The molecule has 0 bridgehead atoms. The summed E-state index contributed by atoms with van der Waals surface area (Å²) in [5.74, 6) is 0. The number of hydrogen-bond acceptors (Lipinski definition) is 2. The van der Waals surface area contributed by atoms with Gasteiger partial charge in [-0.2, -0.15) is 0 Å². The molecule has 0 radical (unpaired) electrons. The second kappa shape index (κ2) is 30.2. The lowest BCUT2D eigenvalue weighted by Gasteiger charge is -2.15. The number of carbonyl (C=O) groups excluding carboxylic acids is 1. The minimum Gasteiger partial charge on any atom is -0.287 e. The molecule has 0 amide bonds. The van der Waals surface area contributed by atoms with Gasteiger partial charge in [0, 0.05) is 11.7 Å². The summed E-state index contributed by atoms with van der Waals surface area (Å²) in [6, 6.07) is 0. The van der Waals surface area contributed by atoms with Crippen molar-refractivity contribution in [2.24, 2.45) is 0 Å². The minimum atomic E-state index is 0.406. The zero-order valence-corrected chi connectivity index (χ0v) is 25.5. The van der Waals surface area contributed by atoms with Crippen LogP contribution in [0.3, 0.4) is 0 Å². The molecule has 0 aliphatic rings. The van der Waals surface area contributed by atoms with E-state index in [0.717, 1.165) is 0 Å². The highest BCUT2D eigenvalue weighted by Gasteiger charge is 2.13. The third-order valence-corrected chi connectivity index (χ3v) is 8.95. The van der Waals surface area contributed by atoms with Gasteiger partial charge in [0.25, 0.3) is 0 Å². The number of unbranched alkanes of at least 4 members (excludes halogenated alkanes) is 23. The van der Waals surface area contributed by atoms with Crippen molar-refractivity contribution >= 4 is 16.9 Å². The fraction of sp³-hybridized carbons (Fsp3) is 0.970. The zero-order valence-electron chi connectivity index (χ0n) is 24.7. The summed E-state index contributed by atoms with van der Waals surface area (Å²) in [6.07, 6.45) is 38.5. The largest absolute Gasteiger partial charge is 0.287 e. The van der Waals surface area contributed by atoms with Gasteiger partial charge in [0.15, 0.2) is 5.12 Å². The molecule has 210 valence electrons. The Morgan fingerprint density at radius 1 is 0.429 bits per heavy atom. The highest BCUT2D eigenvalue weighted by molar-refractivity contribution is 8.14. The van der Waals surface area contributed by atoms with Crippen molar-refractivity contribution in [1.82, 2.24) is 0 Å². The summed E-state index contributed by atoms with van der Waals surface area (Å²) in [5.41, 5.74) is 0. The molecule has 0 aromatic rings. The molecule has 1 unspecified atom stereocenters. The lowest BCUT2D eigenvalue weighted by atomic mass is 10.0. The molecule has 0 saturated heterocycles. The molecular formula is C33H66OS. The van der Waals surface area contributed by atoms with Gasteiger partial charge in [0.05, 0.1) is 0 Å². The molecule has 0 aliphatic heterocycles. The molecule has 0 heterocycles. The van der Waals surface area contributed by atoms with Gasteiger partial charge in [-0.1, -0.05) is 193 Å². The predicted molar refractivity (Wildman–Crippen MR) is 163 cm³/mol. The third-order valence-electron chi connectivity index (χ3n) is 7.60. The first-order valence-electron chi connectivity index (χ1n) is 16.4. The first kappa shape index (κ1) is 35.0. The van der Waals surface area contributed by atoms with Crippen molar-refractivity contribution in [3.05, 3.63) is 0 Å². The summed E-state index contributed by atoms with van der Waals surface area (Å²) in [7, 11) is 0. The Morgan fingerprint density at radius 3 is 0.943 bits per heavy atom. The van der Waals surface area contributed by atoms with Gasteiger partial charge < -0.3 is 0 Å². The van der Waals surface area contributed by atoms with Crippen molar-refractivity contribution in [2.75, 3.05) is 0 Å². The average molecular weight is 511 g/mol. The Balaban J connectivity index is 3.59. The van der Waals surface area contributed by atoms with E-state index >= 15 is 0 Å². The van der Waals surface area contributed by atoms with E-state index in [1.165, 1.54) is 173 Å². The van der Waals surface area contributed by atoms with Crippen molar-refractivity contribution < 1.29 is 4.79 Å². The van der Waals surface area contributed by atoms with Gasteiger partial charge in [0.2, 0.25) is 0 Å². The SMILES string of the molecule is CCCCCCCCCCCCCCCCCC(CCCCCCCCCCCC)SC(=O)CC. The molecular weight excluding hydrogens is 444 g/mol. The van der Waals surface area contributed by atoms with Crippen molar-refractivity contribution in [3.8, 4) is 0 Å². The van der Waals surface area contributed by atoms with Crippen LogP contribution in [0.2, 0.25) is 0 Å². The summed E-state index contributed by atoms with van der Waals surface area (Å²) in [4.78, 5) is 12.0. The second-order valence-corrected chi connectivity index (χ2v) is 12.5. The molecule has 35 heavy (non-hydrogen) atoms. The van der Waals surface area contributed by atoms with E-state index in [-0.39, 0.29) is 0 Å². The molecule has 0 saturated carbocycles. The van der Waals surface area contributed by atoms with Crippen LogP contribution in [0.5, 0.6) is 0 Å². The van der Waals surface area contributed by atoms with Crippen molar-refractivity contribution in [2.45, 2.75) is 206 Å². The van der Waals surface area contributed by atoms with Crippen LogP contribution in [0.25, 0.3) is 0 Å². The number of hydrogen-bond donors (Lipinski definition) is 0. The Bertz CT molecular complexity index is 408. The van der Waals surface area contributed by atoms with Crippen LogP contribution in [0.4, 0.5) is 0 Å². The molecule has 0 aliphatic carbocycles. The number of carbonyl (C=O) groups is 1. The monoisotopic (exact) mass is 510 g/mol. The summed E-state index contributed by atoms with van der Waals surface area (Å²) in [6.45, 7) is 6.60. The Morgan fingerprint density at radius 2 is 0.686 bits per heavy atom. The summed E-state index contributed by atoms with van der Waals surface area (Å²) in [5, 5.41) is 0.988. The minimum absolute atomic E-state index is 0.406. The molecule has 0 aromatic carbocycles. The third kappa shape index (κ3) is 28.4. The lowest BCUT2D eigenvalue weighted by molar-refractivity contribution is -0.110. The maximum Gasteiger partial charge on any atom is 0.188 e. The second-order valence-electron chi connectivity index (χ2n) is 11.2. The fourth-order valence-corrected chi connectivity index (χ4v) is 6.24. The molecule has 0 fully saturated rings. The highest BCUT2D eigenvalue weighted by atomic mass is 32.2. The van der Waals surface area contributed by atoms with E-state index in [1.807, 2.05) is 6.92 Å². The zero-order chi connectivity index (χ0) is 25.7. The molecule has 1 atom stereocenters. The quantitative estimate of drug-likeness (QED) is 0.0930. The average Bonchev–Trinajstić information content (AvgIpc) is 2.87. The molecule has 0 aromatic heterocycles. The Labute approximate surface area is 227 Å². The molecule has 0 spiro atoms. The predicted octanol–water partition coefficient (Wildman–Crippen LogP) is 12.6. The van der Waals surface area contributed by atoms with Crippen LogP contribution in [-0.2, 0) is 4.79 Å². The van der Waals surface area contributed by atoms with Crippen LogP contribution in [-0.4, -0.2) is 10.4 Å². The Kier molecular flexibility index (Phi) is 30.3. The molecule has 0 N–H and O–H groups in total. The van der Waals surface area contributed by atoms with Crippen LogP contribution in [0, 0.1) is 0 Å². The molecule has 1 nitrogen and oxygen atoms in total. The van der Waals surface area contributed by atoms with Crippen molar-refractivity contribution in [3.63, 3.8) is 0 Å². The first-order valence-corrected chi connectivity index (χ1v) is 17.3. The van der Waals surface area contributed by atoms with Gasteiger partial charge in [0.1, 0.15) is 0 Å². The topological polar surface area (TPSA) is 17.1 Å². The van der Waals surface area contributed by atoms with Crippen LogP contribution < -0.4 is 0 Å². The van der Waals surface area contributed by atoms with Crippen LogP contribution in [0.15, 0.2) is 0 Å². The van der Waals surface area contributed by atoms with Gasteiger partial charge in [-0.3, -0.25) is 4.79 Å². The van der Waals surface area contributed by atoms with Crippen molar-refractivity contribution in [1.29, 1.82) is 0 Å². The van der Waals surface area contributed by atoms with E-state index in [9.17, 15) is 4.79 Å². The summed E-state index contributed by atoms with van der Waals surface area (Å²) < 4.78 is 0. The van der Waals surface area contributed by atoms with Crippen LogP contribution >= 0.6 is 11.8 Å². The first-order chi connectivity index (χ1) is 17.2. The smallest absolute Gasteiger partial charge is 0.188 e. The maximum absolute atomic E-state index is 12.0. The fourth-order valence-electron chi connectivity index (χ4n) is 5.13. The van der Waals surface area contributed by atoms with Gasteiger partial charge in [-0.05, 0) is 12.8 Å². The lowest BCUT2D eigenvalue weighted by Crippen LogP contribution is -2.07. The van der Waals surface area contributed by atoms with E-state index in [1.54, 1.807) is 11.8 Å². The van der Waals surface area contributed by atoms with E-state index < -0.39 is 0 Å². The van der Waals surface area contributed by atoms with E-state index in [0.29, 0.717) is 16.8 Å². The van der Waals surface area contributed by atoms with Gasteiger partial charge in [-0.15, -0.1) is 0 Å². The number of thioether (sulfide) groups is 1. The van der Waals surface area contributed by atoms with E-state index in [2.05, 4.69) is 13.8 Å². The maximum atomic E-state index is 12.0. The van der Waals surface area contributed by atoms with Crippen LogP contribution in [0.1, 0.15) is 201 Å². The molecule has 2 heteroatoms. The Hall–Kier alpha value is 0.0200. The number of rotatable bonds is 29. The standard InChI is InChI=1S/C33H66OS/c1-4-7-9-11-13-15-17-18-19-20-21-23-25-27-29-31-32(35-33(34)6-3)30-28-26-24-22-16-14-12-10-8-5-2/h32H,4-31H2,1-3H3. The van der Waals surface area contributed by atoms with Gasteiger partial charge >= 0.3 is 0 Å². The normalized spacial score (nSPS) is 12.3. The van der Waals surface area contributed by atoms with Gasteiger partial charge in [-0.25, -0.2) is 0 Å². The molecule has 0 rings (SSSR count). The summed E-state index contributed by atoms with van der Waals surface area (Å²) >= 11 is 1.67.